The van der Waals surface area contributed by atoms with Gasteiger partial charge in [0.05, 0.1) is 12.8 Å². The Labute approximate surface area is 247 Å². The number of carboxylic acids is 3. The molecule has 0 aromatic carbocycles. The minimum absolute atomic E-state index is 0. The number of carboxylic acid groups (broad SMARTS) is 3. The molecule has 4 N–H and O–H groups in total. The SMILES string of the molecule is O=C(O)CC(O)(CC(=O)O)C(=O)O.[KH].[KH].[KH].[NaH]. The van der Waals surface area contributed by atoms with Crippen LogP contribution in [0.2, 0.25) is 0 Å². The van der Waals surface area contributed by atoms with E-state index in [1.807, 2.05) is 0 Å². The van der Waals surface area contributed by atoms with Gasteiger partial charge in [0.15, 0.2) is 5.60 Å². The molecule has 17 heavy (non-hydrogen) atoms. The molecule has 82 valence electrons. The fourth-order valence-electron chi connectivity index (χ4n) is 0.714. The van der Waals surface area contributed by atoms with Crippen molar-refractivity contribution in [2.45, 2.75) is 18.4 Å². The van der Waals surface area contributed by atoms with Gasteiger partial charge in [-0.05, 0) is 0 Å². The molecule has 0 aliphatic rings. The molecule has 0 aromatic heterocycles. The van der Waals surface area contributed by atoms with E-state index in [9.17, 15) is 14.4 Å². The zero-order valence-corrected chi connectivity index (χ0v) is 6.43. The summed E-state index contributed by atoms with van der Waals surface area (Å²) in [5.41, 5.74) is -2.74. The molecule has 0 unspecified atom stereocenters. The molecular weight excluding hydrogens is 324 g/mol. The summed E-state index contributed by atoms with van der Waals surface area (Å²) in [6.45, 7) is 0. The Morgan fingerprint density at radius 1 is 0.824 bits per heavy atom. The summed E-state index contributed by atoms with van der Waals surface area (Å²) in [6, 6.07) is 0. The molecule has 0 rings (SSSR count). The molecule has 0 fully saturated rings. The Morgan fingerprint density at radius 2 is 1.06 bits per heavy atom. The van der Waals surface area contributed by atoms with Crippen LogP contribution >= 0.6 is 0 Å². The zero-order chi connectivity index (χ0) is 10.6. The van der Waals surface area contributed by atoms with E-state index in [0.29, 0.717) is 0 Å². The van der Waals surface area contributed by atoms with Crippen molar-refractivity contribution in [1.29, 1.82) is 0 Å². The molecule has 0 amide bonds. The van der Waals surface area contributed by atoms with Crippen LogP contribution in [0.25, 0.3) is 0 Å². The number of aliphatic carboxylic acids is 3. The molecule has 7 nitrogen and oxygen atoms in total. The second-order valence-corrected chi connectivity index (χ2v) is 2.48. The molecule has 0 saturated carbocycles. The van der Waals surface area contributed by atoms with Crippen molar-refractivity contribution in [3.63, 3.8) is 0 Å². The van der Waals surface area contributed by atoms with Crippen LogP contribution < -0.4 is 0 Å². The van der Waals surface area contributed by atoms with E-state index in [4.69, 9.17) is 20.4 Å². The van der Waals surface area contributed by atoms with Crippen LogP contribution in [0.3, 0.4) is 0 Å². The van der Waals surface area contributed by atoms with E-state index in [0.717, 1.165) is 0 Å². The maximum absolute atomic E-state index is 10.3. The van der Waals surface area contributed by atoms with Gasteiger partial charge in [-0.3, -0.25) is 9.59 Å². The van der Waals surface area contributed by atoms with Gasteiger partial charge in [-0.15, -0.1) is 0 Å². The fourth-order valence-corrected chi connectivity index (χ4v) is 0.714. The first-order valence-corrected chi connectivity index (χ1v) is 3.17. The van der Waals surface area contributed by atoms with Gasteiger partial charge in [-0.1, -0.05) is 0 Å². The Balaban J connectivity index is -0.000000120. The molecule has 0 aromatic rings. The van der Waals surface area contributed by atoms with Gasteiger partial charge >= 0.3 is 202 Å². The Kier molecular flexibility index (Phi) is 32.3. The third kappa shape index (κ3) is 16.5. The van der Waals surface area contributed by atoms with E-state index in [2.05, 4.69) is 0 Å². The van der Waals surface area contributed by atoms with Gasteiger partial charge in [0.2, 0.25) is 0 Å². The van der Waals surface area contributed by atoms with Crippen molar-refractivity contribution in [2.75, 3.05) is 0 Å². The van der Waals surface area contributed by atoms with Crippen LogP contribution in [0.1, 0.15) is 12.8 Å². The van der Waals surface area contributed by atoms with E-state index in [1.165, 1.54) is 0 Å². The second-order valence-electron chi connectivity index (χ2n) is 2.48. The molecule has 11 heteroatoms. The Bertz CT molecular complexity index is 244. The van der Waals surface area contributed by atoms with Gasteiger partial charge < -0.3 is 20.4 Å². The van der Waals surface area contributed by atoms with Crippen LogP contribution in [0, 0.1) is 0 Å². The molecule has 0 saturated heterocycles. The van der Waals surface area contributed by atoms with Gasteiger partial charge in [-0.2, -0.15) is 0 Å². The number of hydrogen-bond acceptors (Lipinski definition) is 4. The van der Waals surface area contributed by atoms with E-state index < -0.39 is 36.4 Å². The number of hydrogen-bond donors (Lipinski definition) is 4. The Morgan fingerprint density at radius 3 is 1.18 bits per heavy atom. The van der Waals surface area contributed by atoms with Crippen molar-refractivity contribution in [2.24, 2.45) is 0 Å². The van der Waals surface area contributed by atoms with E-state index in [1.54, 1.807) is 0 Å². The van der Waals surface area contributed by atoms with Crippen molar-refractivity contribution in [3.8, 4) is 0 Å². The molecule has 0 aliphatic carbocycles. The van der Waals surface area contributed by atoms with Crippen LogP contribution in [-0.2, 0) is 14.4 Å². The van der Waals surface area contributed by atoms with Crippen molar-refractivity contribution < 1.29 is 34.8 Å². The summed E-state index contributed by atoms with van der Waals surface area (Å²) >= 11 is 0. The summed E-state index contributed by atoms with van der Waals surface area (Å²) in [5, 5.41) is 33.8. The summed E-state index contributed by atoms with van der Waals surface area (Å²) in [5.74, 6) is -5.02. The first-order chi connectivity index (χ1) is 5.78. The first-order valence-electron chi connectivity index (χ1n) is 3.17. The molecule has 0 bridgehead atoms. The summed E-state index contributed by atoms with van der Waals surface area (Å²) in [6.07, 6.45) is -2.29. The quantitative estimate of drug-likeness (QED) is 0.378. The molecule has 0 atom stereocenters. The van der Waals surface area contributed by atoms with Crippen LogP contribution in [-0.4, -0.2) is 228 Å². The minimum atomic E-state index is -2.74. The maximum atomic E-state index is 10.3. The normalized spacial score (nSPS) is 8.29. The molecule has 0 radical (unpaired) electrons. The predicted molar refractivity (Wildman–Crippen MR) is 65.7 cm³/mol. The number of rotatable bonds is 5. The van der Waals surface area contributed by atoms with E-state index in [-0.39, 0.29) is 184 Å². The average Bonchev–Trinajstić information content (AvgIpc) is 1.82. The van der Waals surface area contributed by atoms with Crippen LogP contribution in [0.15, 0.2) is 0 Å². The summed E-state index contributed by atoms with van der Waals surface area (Å²) in [4.78, 5) is 30.5. The monoisotopic (exact) mass is 336 g/mol. The third-order valence-electron chi connectivity index (χ3n) is 1.29. The molecule has 0 spiro atoms. The Hall–Kier alpha value is 4.28. The van der Waals surface area contributed by atoms with Crippen molar-refractivity contribution in [3.05, 3.63) is 0 Å². The summed E-state index contributed by atoms with van der Waals surface area (Å²) < 4.78 is 0. The molecule has 0 aliphatic heterocycles. The van der Waals surface area contributed by atoms with E-state index >= 15 is 0 Å². The topological polar surface area (TPSA) is 132 Å². The standard InChI is InChI=1S/C6H8O7.3K.Na.4H/c7-3(8)1-6(13,5(11)12)2-4(9)10;;;;;;;;/h13H,1-2H2,(H,7,8)(H,9,10)(H,11,12);;;;;;;;. The van der Waals surface area contributed by atoms with Gasteiger partial charge in [0.25, 0.3) is 0 Å². The van der Waals surface area contributed by atoms with Gasteiger partial charge in [-0.25, -0.2) is 4.79 Å². The van der Waals surface area contributed by atoms with Crippen molar-refractivity contribution >= 4 is 202 Å². The predicted octanol–water partition coefficient (Wildman–Crippen LogP) is -3.84. The number of aliphatic hydroxyl groups is 1. The average molecular weight is 336 g/mol. The fraction of sp³-hybridized carbons (Fsp3) is 0.500. The molecular formula is C6H12K3NaO7. The third-order valence-corrected chi connectivity index (χ3v) is 1.29. The van der Waals surface area contributed by atoms with Crippen LogP contribution in [0.4, 0.5) is 0 Å². The number of carbonyl (C=O) groups is 3. The summed E-state index contributed by atoms with van der Waals surface area (Å²) in [7, 11) is 0. The zero-order valence-electron chi connectivity index (χ0n) is 6.43. The van der Waals surface area contributed by atoms with Gasteiger partial charge in [0, 0.05) is 0 Å². The molecule has 0 heterocycles. The van der Waals surface area contributed by atoms with Crippen molar-refractivity contribution in [1.82, 2.24) is 0 Å². The van der Waals surface area contributed by atoms with Gasteiger partial charge in [0.1, 0.15) is 0 Å². The van der Waals surface area contributed by atoms with Crippen LogP contribution in [0.5, 0.6) is 0 Å². The first kappa shape index (κ1) is 33.0. The second kappa shape index (κ2) is 16.6.